The Morgan fingerprint density at radius 3 is 2.55 bits per heavy atom. The molecule has 1 amide bonds. The fourth-order valence-electron chi connectivity index (χ4n) is 2.63. The zero-order chi connectivity index (χ0) is 15.9. The molecule has 0 radical (unpaired) electrons. The maximum absolute atomic E-state index is 12.2. The number of likely N-dealkylation sites (N-methyl/N-ethyl adjacent to an activating group) is 1. The van der Waals surface area contributed by atoms with Crippen LogP contribution in [0.5, 0.6) is 0 Å². The number of hydrogen-bond acceptors (Lipinski definition) is 4. The van der Waals surface area contributed by atoms with Gasteiger partial charge in [-0.3, -0.25) is 9.59 Å². The van der Waals surface area contributed by atoms with E-state index < -0.39 is 0 Å². The molecule has 5 heteroatoms. The van der Waals surface area contributed by atoms with Crippen molar-refractivity contribution in [1.29, 1.82) is 0 Å². The Kier molecular flexibility index (Phi) is 5.95. The Hall–Kier alpha value is -1.88. The van der Waals surface area contributed by atoms with Gasteiger partial charge in [0, 0.05) is 50.4 Å². The number of carbonyl (C=O) groups is 2. The molecule has 1 fully saturated rings. The van der Waals surface area contributed by atoms with Gasteiger partial charge in [0.15, 0.2) is 5.78 Å². The topological polar surface area (TPSA) is 52.6 Å². The van der Waals surface area contributed by atoms with Crippen LogP contribution in [-0.2, 0) is 4.79 Å². The van der Waals surface area contributed by atoms with E-state index in [4.69, 9.17) is 0 Å². The fourth-order valence-corrected chi connectivity index (χ4v) is 2.63. The number of nitrogens with zero attached hydrogens (tertiary/aromatic N) is 2. The number of carbonyl (C=O) groups excluding carboxylic acids is 2. The quantitative estimate of drug-likeness (QED) is 0.815. The minimum Gasteiger partial charge on any atom is -0.385 e. The molecule has 1 aliphatic heterocycles. The summed E-state index contributed by atoms with van der Waals surface area (Å²) in [6.45, 7) is 8.94. The number of amides is 1. The molecular formula is C17H25N3O2. The third-order valence-corrected chi connectivity index (χ3v) is 4.11. The first-order valence-electron chi connectivity index (χ1n) is 7.95. The van der Waals surface area contributed by atoms with Gasteiger partial charge in [0.2, 0.25) is 5.91 Å². The fraction of sp³-hybridized carbons (Fsp3) is 0.529. The predicted octanol–water partition coefficient (Wildman–Crippen LogP) is 1.86. The highest BCUT2D eigenvalue weighted by molar-refractivity contribution is 5.94. The lowest BCUT2D eigenvalue weighted by atomic mass is 10.1. The number of nitrogens with one attached hydrogen (secondary N) is 1. The molecule has 120 valence electrons. The average Bonchev–Trinajstić information content (AvgIpc) is 2.55. The highest BCUT2D eigenvalue weighted by Crippen LogP contribution is 2.11. The van der Waals surface area contributed by atoms with Crippen LogP contribution >= 0.6 is 0 Å². The van der Waals surface area contributed by atoms with Gasteiger partial charge < -0.3 is 15.1 Å². The van der Waals surface area contributed by atoms with Crippen LogP contribution in [0.15, 0.2) is 24.3 Å². The van der Waals surface area contributed by atoms with E-state index in [1.54, 1.807) is 13.0 Å². The summed E-state index contributed by atoms with van der Waals surface area (Å²) in [5, 5.41) is 3.22. The molecule has 0 unspecified atom stereocenters. The molecule has 0 aromatic heterocycles. The summed E-state index contributed by atoms with van der Waals surface area (Å²) < 4.78 is 0. The van der Waals surface area contributed by atoms with Gasteiger partial charge in [-0.1, -0.05) is 19.1 Å². The Bertz CT molecular complexity index is 522. The van der Waals surface area contributed by atoms with Gasteiger partial charge in [-0.15, -0.1) is 0 Å². The van der Waals surface area contributed by atoms with Crippen LogP contribution < -0.4 is 5.32 Å². The van der Waals surface area contributed by atoms with Crippen molar-refractivity contribution in [3.8, 4) is 0 Å². The third kappa shape index (κ3) is 4.56. The number of rotatable bonds is 6. The molecule has 0 bridgehead atoms. The second-order valence-electron chi connectivity index (χ2n) is 5.63. The number of hydrogen-bond donors (Lipinski definition) is 1. The maximum Gasteiger partial charge on any atom is 0.224 e. The van der Waals surface area contributed by atoms with Crippen molar-refractivity contribution in [2.45, 2.75) is 20.3 Å². The summed E-state index contributed by atoms with van der Waals surface area (Å²) in [7, 11) is 0. The van der Waals surface area contributed by atoms with Gasteiger partial charge in [-0.2, -0.15) is 0 Å². The molecule has 1 aromatic carbocycles. The van der Waals surface area contributed by atoms with E-state index in [1.807, 2.05) is 23.1 Å². The van der Waals surface area contributed by atoms with Crippen molar-refractivity contribution in [2.75, 3.05) is 44.6 Å². The van der Waals surface area contributed by atoms with Gasteiger partial charge in [-0.05, 0) is 25.6 Å². The second kappa shape index (κ2) is 7.94. The Morgan fingerprint density at radius 1 is 1.18 bits per heavy atom. The molecule has 0 atom stereocenters. The summed E-state index contributed by atoms with van der Waals surface area (Å²) in [5.41, 5.74) is 1.57. The number of piperazine rings is 1. The molecule has 2 rings (SSSR count). The predicted molar refractivity (Wildman–Crippen MR) is 88.2 cm³/mol. The largest absolute Gasteiger partial charge is 0.385 e. The van der Waals surface area contributed by atoms with E-state index in [1.165, 1.54) is 0 Å². The maximum atomic E-state index is 12.2. The standard InChI is InChI=1S/C17H25N3O2/c1-3-19-9-11-20(12-10-19)17(22)7-8-18-16-6-4-5-15(13-16)14(2)21/h4-6,13,18H,3,7-12H2,1-2H3. The van der Waals surface area contributed by atoms with Crippen molar-refractivity contribution in [2.24, 2.45) is 0 Å². The number of anilines is 1. The number of Topliss-reactive ketones (excluding diaryl/α,β-unsaturated/α-hetero) is 1. The third-order valence-electron chi connectivity index (χ3n) is 4.11. The van der Waals surface area contributed by atoms with E-state index in [9.17, 15) is 9.59 Å². The first kappa shape index (κ1) is 16.5. The van der Waals surface area contributed by atoms with Crippen molar-refractivity contribution in [1.82, 2.24) is 9.80 Å². The molecule has 5 nitrogen and oxygen atoms in total. The van der Waals surface area contributed by atoms with Crippen molar-refractivity contribution in [3.05, 3.63) is 29.8 Å². The van der Waals surface area contributed by atoms with Crippen LogP contribution in [0.2, 0.25) is 0 Å². The Morgan fingerprint density at radius 2 is 1.91 bits per heavy atom. The van der Waals surface area contributed by atoms with E-state index in [0.29, 0.717) is 18.5 Å². The molecule has 0 aliphatic carbocycles. The van der Waals surface area contributed by atoms with Gasteiger partial charge in [0.25, 0.3) is 0 Å². The van der Waals surface area contributed by atoms with Crippen molar-refractivity contribution in [3.63, 3.8) is 0 Å². The zero-order valence-electron chi connectivity index (χ0n) is 13.5. The van der Waals surface area contributed by atoms with Crippen molar-refractivity contribution >= 4 is 17.4 Å². The smallest absolute Gasteiger partial charge is 0.224 e. The molecule has 1 heterocycles. The van der Waals surface area contributed by atoms with Crippen LogP contribution in [0.25, 0.3) is 0 Å². The Balaban J connectivity index is 1.75. The molecule has 1 aromatic rings. The minimum atomic E-state index is 0.0496. The summed E-state index contributed by atoms with van der Waals surface area (Å²) in [4.78, 5) is 27.8. The van der Waals surface area contributed by atoms with Gasteiger partial charge in [-0.25, -0.2) is 0 Å². The van der Waals surface area contributed by atoms with E-state index in [0.717, 1.165) is 38.4 Å². The molecular weight excluding hydrogens is 278 g/mol. The number of benzene rings is 1. The summed E-state index contributed by atoms with van der Waals surface area (Å²) in [5.74, 6) is 0.250. The normalized spacial score (nSPS) is 15.6. The van der Waals surface area contributed by atoms with E-state index in [-0.39, 0.29) is 11.7 Å². The molecule has 0 saturated carbocycles. The van der Waals surface area contributed by atoms with E-state index >= 15 is 0 Å². The van der Waals surface area contributed by atoms with Gasteiger partial charge in [0.1, 0.15) is 0 Å². The SMILES string of the molecule is CCN1CCN(C(=O)CCNc2cccc(C(C)=O)c2)CC1. The van der Waals surface area contributed by atoms with Crippen LogP contribution in [0.1, 0.15) is 30.6 Å². The van der Waals surface area contributed by atoms with Crippen LogP contribution in [0.3, 0.4) is 0 Å². The number of ketones is 1. The zero-order valence-corrected chi connectivity index (χ0v) is 13.5. The first-order valence-corrected chi connectivity index (χ1v) is 7.95. The van der Waals surface area contributed by atoms with Gasteiger partial charge in [0.05, 0.1) is 0 Å². The van der Waals surface area contributed by atoms with E-state index in [2.05, 4.69) is 17.1 Å². The highest BCUT2D eigenvalue weighted by Gasteiger charge is 2.19. The highest BCUT2D eigenvalue weighted by atomic mass is 16.2. The average molecular weight is 303 g/mol. The Labute approximate surface area is 132 Å². The summed E-state index contributed by atoms with van der Waals surface area (Å²) in [6.07, 6.45) is 0.483. The summed E-state index contributed by atoms with van der Waals surface area (Å²) in [6, 6.07) is 7.39. The van der Waals surface area contributed by atoms with Gasteiger partial charge >= 0.3 is 0 Å². The van der Waals surface area contributed by atoms with Crippen molar-refractivity contribution < 1.29 is 9.59 Å². The minimum absolute atomic E-state index is 0.0496. The first-order chi connectivity index (χ1) is 10.6. The van der Waals surface area contributed by atoms with Crippen LogP contribution in [0, 0.1) is 0 Å². The second-order valence-corrected chi connectivity index (χ2v) is 5.63. The molecule has 22 heavy (non-hydrogen) atoms. The monoisotopic (exact) mass is 303 g/mol. The summed E-state index contributed by atoms with van der Waals surface area (Å²) >= 11 is 0. The molecule has 0 spiro atoms. The molecule has 1 saturated heterocycles. The van der Waals surface area contributed by atoms with Crippen LogP contribution in [-0.4, -0.2) is 60.8 Å². The molecule has 1 N–H and O–H groups in total. The lowest BCUT2D eigenvalue weighted by molar-refractivity contribution is -0.132. The lowest BCUT2D eigenvalue weighted by Crippen LogP contribution is -2.48. The van der Waals surface area contributed by atoms with Crippen LogP contribution in [0.4, 0.5) is 5.69 Å². The lowest BCUT2D eigenvalue weighted by Gasteiger charge is -2.34. The molecule has 1 aliphatic rings.